The van der Waals surface area contributed by atoms with Gasteiger partial charge in [-0.05, 0) is 35.4 Å². The number of methoxy groups -OCH3 is 2. The van der Waals surface area contributed by atoms with E-state index in [9.17, 15) is 5.11 Å². The fourth-order valence-electron chi connectivity index (χ4n) is 2.67. The summed E-state index contributed by atoms with van der Waals surface area (Å²) in [7, 11) is 3.20. The Morgan fingerprint density at radius 1 is 1.00 bits per heavy atom. The van der Waals surface area contributed by atoms with Crippen molar-refractivity contribution >= 4 is 11.8 Å². The van der Waals surface area contributed by atoms with E-state index in [0.717, 1.165) is 16.8 Å². The van der Waals surface area contributed by atoms with Gasteiger partial charge in [-0.2, -0.15) is 0 Å². The first-order valence-electron chi connectivity index (χ1n) is 7.16. The molecular weight excluding hydrogens is 278 g/mol. The summed E-state index contributed by atoms with van der Waals surface area (Å²) in [6.07, 6.45) is 3.30. The van der Waals surface area contributed by atoms with Crippen LogP contribution in [0.1, 0.15) is 17.2 Å². The van der Waals surface area contributed by atoms with Crippen LogP contribution in [0.2, 0.25) is 0 Å². The van der Waals surface area contributed by atoms with E-state index in [-0.39, 0.29) is 6.04 Å². The average molecular weight is 297 g/mol. The predicted octanol–water partition coefficient (Wildman–Crippen LogP) is 3.24. The number of aliphatic hydroxyl groups is 1. The van der Waals surface area contributed by atoms with Crippen molar-refractivity contribution in [2.24, 2.45) is 0 Å². The van der Waals surface area contributed by atoms with Crippen molar-refractivity contribution in [2.45, 2.75) is 12.1 Å². The number of rotatable bonds is 4. The van der Waals surface area contributed by atoms with Gasteiger partial charge in [0.1, 0.15) is 6.10 Å². The molecule has 3 rings (SSSR count). The van der Waals surface area contributed by atoms with Crippen LogP contribution in [-0.2, 0) is 0 Å². The van der Waals surface area contributed by atoms with Crippen molar-refractivity contribution in [3.8, 4) is 11.5 Å². The van der Waals surface area contributed by atoms with Crippen LogP contribution in [0, 0.1) is 0 Å². The molecular formula is C18H19NO3. The zero-order chi connectivity index (χ0) is 15.5. The largest absolute Gasteiger partial charge is 0.493 e. The summed E-state index contributed by atoms with van der Waals surface area (Å²) in [4.78, 5) is 0. The van der Waals surface area contributed by atoms with Gasteiger partial charge in [0.2, 0.25) is 0 Å². The molecule has 0 unspecified atom stereocenters. The van der Waals surface area contributed by atoms with Crippen LogP contribution >= 0.6 is 0 Å². The highest BCUT2D eigenvalue weighted by molar-refractivity contribution is 5.65. The molecule has 0 saturated carbocycles. The van der Waals surface area contributed by atoms with Crippen LogP contribution in [0.15, 0.2) is 48.5 Å². The molecule has 0 aliphatic heterocycles. The van der Waals surface area contributed by atoms with Crippen molar-refractivity contribution in [3.05, 3.63) is 59.7 Å². The van der Waals surface area contributed by atoms with Gasteiger partial charge in [0.05, 0.1) is 20.3 Å². The maximum absolute atomic E-state index is 10.7. The van der Waals surface area contributed by atoms with Crippen molar-refractivity contribution in [1.82, 2.24) is 0 Å². The summed E-state index contributed by atoms with van der Waals surface area (Å²) in [5.41, 5.74) is 2.74. The molecule has 0 aromatic heterocycles. The topological polar surface area (TPSA) is 50.7 Å². The van der Waals surface area contributed by atoms with E-state index >= 15 is 0 Å². The molecule has 0 saturated heterocycles. The third-order valence-electron chi connectivity index (χ3n) is 3.84. The van der Waals surface area contributed by atoms with Crippen molar-refractivity contribution in [2.75, 3.05) is 19.5 Å². The lowest BCUT2D eigenvalue weighted by molar-refractivity contribution is 0.168. The van der Waals surface area contributed by atoms with Gasteiger partial charge in [0, 0.05) is 5.69 Å². The molecule has 0 amide bonds. The van der Waals surface area contributed by atoms with E-state index in [0.29, 0.717) is 11.5 Å². The Morgan fingerprint density at radius 2 is 1.68 bits per heavy atom. The number of nitrogens with one attached hydrogen (secondary N) is 1. The maximum Gasteiger partial charge on any atom is 0.161 e. The minimum absolute atomic E-state index is 0.187. The second-order valence-electron chi connectivity index (χ2n) is 5.18. The third-order valence-corrected chi connectivity index (χ3v) is 3.84. The maximum atomic E-state index is 10.7. The van der Waals surface area contributed by atoms with Crippen LogP contribution in [0.3, 0.4) is 0 Å². The fraction of sp³-hybridized carbons (Fsp3) is 0.222. The number of benzene rings is 2. The minimum atomic E-state index is -0.653. The number of para-hydroxylation sites is 1. The fourth-order valence-corrected chi connectivity index (χ4v) is 2.67. The number of hydrogen-bond donors (Lipinski definition) is 2. The van der Waals surface area contributed by atoms with Crippen LogP contribution in [0.25, 0.3) is 6.08 Å². The number of fused-ring (bicyclic) bond motifs is 1. The first-order valence-corrected chi connectivity index (χ1v) is 7.16. The standard InChI is InChI=1S/C18H19NO3/c1-21-16-10-12-8-9-15(19-13-6-4-3-5-7-13)18(20)14(12)11-17(16)22-2/h3-11,15,18-20H,1-2H3/t15-,18-/m1/s1. The lowest BCUT2D eigenvalue weighted by Crippen LogP contribution is -2.28. The van der Waals surface area contributed by atoms with Crippen LogP contribution < -0.4 is 14.8 Å². The molecule has 0 fully saturated rings. The van der Waals surface area contributed by atoms with Crippen LogP contribution in [-0.4, -0.2) is 25.4 Å². The molecule has 1 aliphatic carbocycles. The van der Waals surface area contributed by atoms with Crippen molar-refractivity contribution < 1.29 is 14.6 Å². The highest BCUT2D eigenvalue weighted by atomic mass is 16.5. The average Bonchev–Trinajstić information content (AvgIpc) is 2.57. The van der Waals surface area contributed by atoms with E-state index in [1.165, 1.54) is 0 Å². The Hall–Kier alpha value is -2.46. The third kappa shape index (κ3) is 2.65. The smallest absolute Gasteiger partial charge is 0.161 e. The van der Waals surface area contributed by atoms with Gasteiger partial charge < -0.3 is 19.9 Å². The highest BCUT2D eigenvalue weighted by Crippen LogP contribution is 2.37. The van der Waals surface area contributed by atoms with Gasteiger partial charge in [-0.15, -0.1) is 0 Å². The molecule has 1 aliphatic rings. The number of aliphatic hydroxyl groups excluding tert-OH is 1. The molecule has 4 heteroatoms. The van der Waals surface area contributed by atoms with E-state index < -0.39 is 6.10 Å². The Kier molecular flexibility index (Phi) is 4.02. The zero-order valence-corrected chi connectivity index (χ0v) is 12.6. The van der Waals surface area contributed by atoms with Gasteiger partial charge in [0.25, 0.3) is 0 Å². The summed E-state index contributed by atoms with van der Waals surface area (Å²) in [5.74, 6) is 1.28. The van der Waals surface area contributed by atoms with Gasteiger partial charge in [-0.25, -0.2) is 0 Å². The van der Waals surface area contributed by atoms with E-state index in [4.69, 9.17) is 9.47 Å². The van der Waals surface area contributed by atoms with E-state index in [1.807, 2.05) is 54.6 Å². The van der Waals surface area contributed by atoms with Crippen LogP contribution in [0.5, 0.6) is 11.5 Å². The summed E-state index contributed by atoms with van der Waals surface area (Å²) < 4.78 is 10.6. The molecule has 2 atom stereocenters. The number of ether oxygens (including phenoxy) is 2. The Labute approximate surface area is 130 Å². The summed E-state index contributed by atoms with van der Waals surface area (Å²) >= 11 is 0. The molecule has 2 aromatic carbocycles. The lowest BCUT2D eigenvalue weighted by Gasteiger charge is -2.28. The predicted molar refractivity (Wildman–Crippen MR) is 87.4 cm³/mol. The quantitative estimate of drug-likeness (QED) is 0.909. The second-order valence-corrected chi connectivity index (χ2v) is 5.18. The SMILES string of the molecule is COc1cc2c(cc1OC)[C@@H](O)[C@H](Nc1ccccc1)C=C2. The number of hydrogen-bond acceptors (Lipinski definition) is 4. The second kappa shape index (κ2) is 6.12. The van der Waals surface area contributed by atoms with Gasteiger partial charge in [-0.1, -0.05) is 30.4 Å². The normalized spacial score (nSPS) is 19.4. The molecule has 0 bridgehead atoms. The van der Waals surface area contributed by atoms with Crippen molar-refractivity contribution in [3.63, 3.8) is 0 Å². The molecule has 0 heterocycles. The monoisotopic (exact) mass is 297 g/mol. The molecule has 114 valence electrons. The highest BCUT2D eigenvalue weighted by Gasteiger charge is 2.26. The summed E-state index contributed by atoms with van der Waals surface area (Å²) in [5, 5.41) is 14.0. The van der Waals surface area contributed by atoms with Gasteiger partial charge in [-0.3, -0.25) is 0 Å². The van der Waals surface area contributed by atoms with Crippen molar-refractivity contribution in [1.29, 1.82) is 0 Å². The lowest BCUT2D eigenvalue weighted by atomic mass is 9.90. The van der Waals surface area contributed by atoms with E-state index in [1.54, 1.807) is 14.2 Å². The molecule has 22 heavy (non-hydrogen) atoms. The Balaban J connectivity index is 1.90. The zero-order valence-electron chi connectivity index (χ0n) is 12.6. The summed E-state index contributed by atoms with van der Waals surface area (Å²) in [6, 6.07) is 13.4. The molecule has 0 radical (unpaired) electrons. The summed E-state index contributed by atoms with van der Waals surface area (Å²) in [6.45, 7) is 0. The van der Waals surface area contributed by atoms with E-state index in [2.05, 4.69) is 5.32 Å². The molecule has 4 nitrogen and oxygen atoms in total. The first-order chi connectivity index (χ1) is 10.7. The van der Waals surface area contributed by atoms with Gasteiger partial charge >= 0.3 is 0 Å². The van der Waals surface area contributed by atoms with Gasteiger partial charge in [0.15, 0.2) is 11.5 Å². The minimum Gasteiger partial charge on any atom is -0.493 e. The Morgan fingerprint density at radius 3 is 2.36 bits per heavy atom. The first kappa shape index (κ1) is 14.5. The Bertz CT molecular complexity index is 682. The molecule has 2 aromatic rings. The number of anilines is 1. The van der Waals surface area contributed by atoms with Crippen LogP contribution in [0.4, 0.5) is 5.69 Å². The molecule has 0 spiro atoms. The molecule has 2 N–H and O–H groups in total.